The van der Waals surface area contributed by atoms with E-state index in [0.717, 1.165) is 79.1 Å². The molecule has 0 N–H and O–H groups in total. The molecule has 0 saturated heterocycles. The molecule has 0 saturated carbocycles. The first kappa shape index (κ1) is 64.1. The van der Waals surface area contributed by atoms with Crippen molar-refractivity contribution in [2.24, 2.45) is 0 Å². The van der Waals surface area contributed by atoms with Gasteiger partial charge in [0.05, 0.1) is 17.1 Å². The molecule has 0 amide bonds. The first-order valence-electron chi connectivity index (χ1n) is 35.2. The van der Waals surface area contributed by atoms with Gasteiger partial charge in [-0.05, 0) is 241 Å². The Balaban J connectivity index is 1.05. The standard InChI is InChI=1S/C94H87BN4/c1-62-54-70(66-28-18-14-19-29-66)55-63(2)90(62)98-85-60-79(96(76-44-38-73(39-45-76)92(5,6)7)77-46-40-74(41-47-77)93(8,9)10)50-52-82(85)95-83-53-51-80(97(78-48-42-75(43-49-78)94(11,12)13)84-37-27-26-36-81(84)69-34-24-17-25-35-69)61-86(83)99(88-59-72(58-87(98)89(88)95)68-32-22-16-23-33-68)91-64(3)56-71(57-65(91)4)67-30-20-15-21-31-67/h14-61H,1-13H3. The summed E-state index contributed by atoms with van der Waals surface area (Å²) in [5.74, 6) is 0. The summed E-state index contributed by atoms with van der Waals surface area (Å²) in [4.78, 5) is 10.3. The van der Waals surface area contributed by atoms with Crippen molar-refractivity contribution >= 4 is 91.3 Å². The molecule has 0 spiro atoms. The summed E-state index contributed by atoms with van der Waals surface area (Å²) in [6, 6.07) is 110. The monoisotopic (exact) mass is 1280 g/mol. The van der Waals surface area contributed by atoms with Crippen molar-refractivity contribution in [3.63, 3.8) is 0 Å². The average Bonchev–Trinajstić information content (AvgIpc) is 0.689. The molecule has 13 aromatic carbocycles. The van der Waals surface area contributed by atoms with Crippen molar-refractivity contribution in [1.29, 1.82) is 0 Å². The summed E-state index contributed by atoms with van der Waals surface area (Å²) in [6.07, 6.45) is 0. The summed E-state index contributed by atoms with van der Waals surface area (Å²) in [5.41, 5.74) is 35.2. The normalized spacial score (nSPS) is 12.6. The summed E-state index contributed by atoms with van der Waals surface area (Å²) in [6.45, 7) is 29.8. The maximum atomic E-state index is 2.66. The number of fused-ring (bicyclic) bond motifs is 4. The molecule has 2 heterocycles. The molecule has 4 nitrogen and oxygen atoms in total. The van der Waals surface area contributed by atoms with Crippen LogP contribution in [0, 0.1) is 27.7 Å². The third-order valence-electron chi connectivity index (χ3n) is 20.5. The molecule has 5 heteroatoms. The van der Waals surface area contributed by atoms with Crippen LogP contribution in [0.4, 0.5) is 68.2 Å². The Morgan fingerprint density at radius 1 is 0.263 bits per heavy atom. The number of anilines is 12. The van der Waals surface area contributed by atoms with Gasteiger partial charge in [0, 0.05) is 56.7 Å². The van der Waals surface area contributed by atoms with Gasteiger partial charge in [-0.1, -0.05) is 250 Å². The average molecular weight is 1280 g/mol. The van der Waals surface area contributed by atoms with Crippen LogP contribution in [0.5, 0.6) is 0 Å². The second-order valence-corrected chi connectivity index (χ2v) is 30.5. The fraction of sp³-hybridized carbons (Fsp3) is 0.170. The van der Waals surface area contributed by atoms with Crippen LogP contribution in [-0.4, -0.2) is 6.71 Å². The number of para-hydroxylation sites is 1. The van der Waals surface area contributed by atoms with Gasteiger partial charge < -0.3 is 19.6 Å². The Hall–Kier alpha value is -10.9. The summed E-state index contributed by atoms with van der Waals surface area (Å²) in [5, 5.41) is 0. The van der Waals surface area contributed by atoms with Gasteiger partial charge in [0.2, 0.25) is 0 Å². The van der Waals surface area contributed by atoms with Crippen molar-refractivity contribution < 1.29 is 0 Å². The predicted molar refractivity (Wildman–Crippen MR) is 427 cm³/mol. The maximum Gasteiger partial charge on any atom is 0.252 e. The molecule has 13 aromatic rings. The van der Waals surface area contributed by atoms with Crippen molar-refractivity contribution in [2.75, 3.05) is 19.6 Å². The highest BCUT2D eigenvalue weighted by Crippen LogP contribution is 2.53. The van der Waals surface area contributed by atoms with E-state index in [2.05, 4.69) is 401 Å². The Morgan fingerprint density at radius 2 is 0.566 bits per heavy atom. The molecule has 99 heavy (non-hydrogen) atoms. The largest absolute Gasteiger partial charge is 0.311 e. The van der Waals surface area contributed by atoms with Crippen molar-refractivity contribution in [2.45, 2.75) is 106 Å². The Labute approximate surface area is 588 Å². The lowest BCUT2D eigenvalue weighted by molar-refractivity contribution is 0.590. The van der Waals surface area contributed by atoms with E-state index in [1.54, 1.807) is 0 Å². The lowest BCUT2D eigenvalue weighted by atomic mass is 9.33. The predicted octanol–water partition coefficient (Wildman–Crippen LogP) is 24.5. The zero-order valence-electron chi connectivity index (χ0n) is 59.6. The van der Waals surface area contributed by atoms with Crippen LogP contribution in [0.25, 0.3) is 44.5 Å². The molecule has 0 aromatic heterocycles. The summed E-state index contributed by atoms with van der Waals surface area (Å²) >= 11 is 0. The van der Waals surface area contributed by atoms with E-state index in [1.165, 1.54) is 89.0 Å². The zero-order valence-corrected chi connectivity index (χ0v) is 59.6. The van der Waals surface area contributed by atoms with E-state index in [9.17, 15) is 0 Å². The van der Waals surface area contributed by atoms with Crippen molar-refractivity contribution in [3.05, 3.63) is 330 Å². The lowest BCUT2D eigenvalue weighted by Crippen LogP contribution is -2.61. The van der Waals surface area contributed by atoms with Crippen LogP contribution in [0.15, 0.2) is 291 Å². The van der Waals surface area contributed by atoms with E-state index in [1.807, 2.05) is 0 Å². The Kier molecular flexibility index (Phi) is 16.3. The van der Waals surface area contributed by atoms with E-state index < -0.39 is 0 Å². The van der Waals surface area contributed by atoms with Crippen LogP contribution in [0.2, 0.25) is 0 Å². The quantitative estimate of drug-likeness (QED) is 0.113. The molecule has 0 bridgehead atoms. The second-order valence-electron chi connectivity index (χ2n) is 30.5. The minimum Gasteiger partial charge on any atom is -0.311 e. The third-order valence-corrected chi connectivity index (χ3v) is 20.5. The molecule has 0 atom stereocenters. The highest BCUT2D eigenvalue weighted by Gasteiger charge is 2.45. The van der Waals surface area contributed by atoms with Crippen molar-refractivity contribution in [3.8, 4) is 44.5 Å². The molecular weight excluding hydrogens is 1200 g/mol. The molecule has 15 rings (SSSR count). The highest BCUT2D eigenvalue weighted by atomic mass is 15.2. The maximum absolute atomic E-state index is 2.66. The van der Waals surface area contributed by atoms with Gasteiger partial charge in [0.1, 0.15) is 0 Å². The van der Waals surface area contributed by atoms with Gasteiger partial charge in [-0.15, -0.1) is 0 Å². The summed E-state index contributed by atoms with van der Waals surface area (Å²) < 4.78 is 0. The van der Waals surface area contributed by atoms with Gasteiger partial charge in [-0.25, -0.2) is 0 Å². The number of benzene rings is 13. The van der Waals surface area contributed by atoms with Gasteiger partial charge in [0.25, 0.3) is 6.71 Å². The Bertz CT molecular complexity index is 5050. The van der Waals surface area contributed by atoms with E-state index in [4.69, 9.17) is 0 Å². The fourth-order valence-corrected chi connectivity index (χ4v) is 15.5. The second kappa shape index (κ2) is 25.2. The molecule has 0 radical (unpaired) electrons. The molecule has 2 aliphatic rings. The number of nitrogens with zero attached hydrogens (tertiary/aromatic N) is 4. The molecule has 486 valence electrons. The van der Waals surface area contributed by atoms with Crippen LogP contribution in [0.3, 0.4) is 0 Å². The SMILES string of the molecule is Cc1cc(-c2ccccc2)cc(C)c1N1c2cc(N(c3ccc(C(C)(C)C)cc3)c3ccc(C(C)(C)C)cc3)ccc2B2c3ccc(N(c4ccc(C(C)(C)C)cc4)c4ccccc4-c4ccccc4)cc3N(c3c(C)cc(-c4ccccc4)cc3C)c3cc(-c4ccccc4)cc1c32. The van der Waals surface area contributed by atoms with Gasteiger partial charge in [0.15, 0.2) is 0 Å². The highest BCUT2D eigenvalue weighted by molar-refractivity contribution is 7.00. The van der Waals surface area contributed by atoms with E-state index in [0.29, 0.717) is 0 Å². The smallest absolute Gasteiger partial charge is 0.252 e. The molecule has 0 aliphatic carbocycles. The molecule has 0 unspecified atom stereocenters. The van der Waals surface area contributed by atoms with Gasteiger partial charge in [-0.3, -0.25) is 0 Å². The fourth-order valence-electron chi connectivity index (χ4n) is 15.5. The third kappa shape index (κ3) is 11.9. The number of rotatable bonds is 12. The van der Waals surface area contributed by atoms with E-state index in [-0.39, 0.29) is 23.0 Å². The van der Waals surface area contributed by atoms with Crippen LogP contribution < -0.4 is 36.0 Å². The van der Waals surface area contributed by atoms with Crippen molar-refractivity contribution in [1.82, 2.24) is 0 Å². The molecule has 0 fully saturated rings. The summed E-state index contributed by atoms with van der Waals surface area (Å²) in [7, 11) is 0. The molecule has 2 aliphatic heterocycles. The van der Waals surface area contributed by atoms with Crippen LogP contribution in [-0.2, 0) is 16.2 Å². The zero-order chi connectivity index (χ0) is 68.6. The van der Waals surface area contributed by atoms with Crippen LogP contribution in [0.1, 0.15) is 101 Å². The van der Waals surface area contributed by atoms with E-state index >= 15 is 0 Å². The minimum absolute atomic E-state index is 0.0149. The topological polar surface area (TPSA) is 13.0 Å². The first-order valence-corrected chi connectivity index (χ1v) is 35.2. The van der Waals surface area contributed by atoms with Gasteiger partial charge in [-0.2, -0.15) is 0 Å². The molecular formula is C94H87BN4. The lowest BCUT2D eigenvalue weighted by Gasteiger charge is -2.46. The number of hydrogen-bond acceptors (Lipinski definition) is 4. The first-order chi connectivity index (χ1) is 47.7. The number of aryl methyl sites for hydroxylation is 4. The number of hydrogen-bond donors (Lipinski definition) is 0. The minimum atomic E-state index is -0.199. The van der Waals surface area contributed by atoms with Gasteiger partial charge >= 0.3 is 0 Å². The Morgan fingerprint density at radius 3 is 0.929 bits per heavy atom. The van der Waals surface area contributed by atoms with Crippen LogP contribution >= 0.6 is 0 Å².